The Balaban J connectivity index is 1.95. The number of rotatable bonds is 2. The molecule has 0 spiro atoms. The molecule has 2 N–H and O–H groups in total. The highest BCUT2D eigenvalue weighted by atomic mass is 16.3. The van der Waals surface area contributed by atoms with Gasteiger partial charge in [0.05, 0.1) is 12.1 Å². The number of amides is 1. The zero-order valence-corrected chi connectivity index (χ0v) is 11.4. The van der Waals surface area contributed by atoms with E-state index in [4.69, 9.17) is 0 Å². The van der Waals surface area contributed by atoms with Gasteiger partial charge in [0.2, 0.25) is 5.91 Å². The van der Waals surface area contributed by atoms with Crippen LogP contribution in [0.15, 0.2) is 0 Å². The molecule has 0 unspecified atom stereocenters. The maximum absolute atomic E-state index is 12.2. The topological polar surface area (TPSA) is 49.3 Å². The van der Waals surface area contributed by atoms with E-state index in [0.29, 0.717) is 0 Å². The van der Waals surface area contributed by atoms with Gasteiger partial charge in [-0.2, -0.15) is 0 Å². The Morgan fingerprint density at radius 3 is 2.12 bits per heavy atom. The molecule has 2 rings (SSSR count). The number of hydrogen-bond donors (Lipinski definition) is 2. The molecule has 2 saturated carbocycles. The fraction of sp³-hybridized carbons (Fsp3) is 0.929. The van der Waals surface area contributed by atoms with Crippen molar-refractivity contribution in [2.75, 3.05) is 0 Å². The lowest BCUT2D eigenvalue weighted by atomic mass is 9.92. The van der Waals surface area contributed by atoms with Gasteiger partial charge >= 0.3 is 0 Å². The zero-order valence-electron chi connectivity index (χ0n) is 11.4. The van der Waals surface area contributed by atoms with Gasteiger partial charge in [-0.15, -0.1) is 0 Å². The first-order valence-corrected chi connectivity index (χ1v) is 6.77. The number of aliphatic hydroxyl groups is 1. The summed E-state index contributed by atoms with van der Waals surface area (Å²) in [5, 5.41) is 12.9. The van der Waals surface area contributed by atoms with E-state index in [9.17, 15) is 9.90 Å². The largest absolute Gasteiger partial charge is 0.391 e. The summed E-state index contributed by atoms with van der Waals surface area (Å²) in [5.74, 6) is 0.218. The maximum atomic E-state index is 12.2. The van der Waals surface area contributed by atoms with E-state index in [1.165, 1.54) is 0 Å². The molecule has 0 aliphatic heterocycles. The third-order valence-electron chi connectivity index (χ3n) is 5.34. The SMILES string of the molecule is CC1(C)C(C(=O)N[C@H]2CCCC[C@@H]2O)C1(C)C. The summed E-state index contributed by atoms with van der Waals surface area (Å²) in [7, 11) is 0. The molecule has 0 bridgehead atoms. The van der Waals surface area contributed by atoms with E-state index in [2.05, 4.69) is 33.0 Å². The minimum Gasteiger partial charge on any atom is -0.391 e. The van der Waals surface area contributed by atoms with Crippen LogP contribution in [0.4, 0.5) is 0 Å². The lowest BCUT2D eigenvalue weighted by molar-refractivity contribution is -0.125. The summed E-state index contributed by atoms with van der Waals surface area (Å²) in [5.41, 5.74) is 0.160. The van der Waals surface area contributed by atoms with E-state index >= 15 is 0 Å². The maximum Gasteiger partial charge on any atom is 0.224 e. The summed E-state index contributed by atoms with van der Waals surface area (Å²) < 4.78 is 0. The third kappa shape index (κ3) is 1.99. The second kappa shape index (κ2) is 3.98. The fourth-order valence-electron chi connectivity index (χ4n) is 3.40. The van der Waals surface area contributed by atoms with Gasteiger partial charge < -0.3 is 10.4 Å². The van der Waals surface area contributed by atoms with Crippen molar-refractivity contribution in [1.29, 1.82) is 0 Å². The lowest BCUT2D eigenvalue weighted by Gasteiger charge is -2.28. The summed E-state index contributed by atoms with van der Waals surface area (Å²) in [6.07, 6.45) is 3.58. The molecule has 3 nitrogen and oxygen atoms in total. The first-order valence-electron chi connectivity index (χ1n) is 6.77. The van der Waals surface area contributed by atoms with E-state index in [1.54, 1.807) is 0 Å². The van der Waals surface area contributed by atoms with Crippen LogP contribution in [0, 0.1) is 16.7 Å². The molecular weight excluding hydrogens is 214 g/mol. The summed E-state index contributed by atoms with van der Waals surface area (Å²) >= 11 is 0. The molecular formula is C14H25NO2. The Morgan fingerprint density at radius 1 is 1.12 bits per heavy atom. The number of carbonyl (C=O) groups excluding carboxylic acids is 1. The Bertz CT molecular complexity index is 308. The number of carbonyl (C=O) groups is 1. The van der Waals surface area contributed by atoms with Gasteiger partial charge in [-0.3, -0.25) is 4.79 Å². The van der Waals surface area contributed by atoms with E-state index in [1.807, 2.05) is 0 Å². The Morgan fingerprint density at radius 2 is 1.65 bits per heavy atom. The Kier molecular flexibility index (Phi) is 3.01. The normalized spacial score (nSPS) is 35.4. The van der Waals surface area contributed by atoms with Crippen molar-refractivity contribution in [2.45, 2.75) is 65.5 Å². The summed E-state index contributed by atoms with van der Waals surface area (Å²) in [6, 6.07) is -0.0246. The van der Waals surface area contributed by atoms with Crippen LogP contribution in [0.3, 0.4) is 0 Å². The quantitative estimate of drug-likeness (QED) is 0.775. The van der Waals surface area contributed by atoms with E-state index in [0.717, 1.165) is 25.7 Å². The van der Waals surface area contributed by atoms with Gasteiger partial charge in [-0.1, -0.05) is 40.5 Å². The monoisotopic (exact) mass is 239 g/mol. The van der Waals surface area contributed by atoms with Crippen LogP contribution < -0.4 is 5.32 Å². The van der Waals surface area contributed by atoms with Crippen molar-refractivity contribution in [3.05, 3.63) is 0 Å². The molecule has 1 amide bonds. The van der Waals surface area contributed by atoms with E-state index in [-0.39, 0.29) is 34.8 Å². The third-order valence-corrected chi connectivity index (χ3v) is 5.34. The first-order chi connectivity index (χ1) is 7.78. The smallest absolute Gasteiger partial charge is 0.224 e. The lowest BCUT2D eigenvalue weighted by Crippen LogP contribution is -2.46. The molecule has 2 aliphatic rings. The van der Waals surface area contributed by atoms with Gasteiger partial charge in [0.15, 0.2) is 0 Å². The van der Waals surface area contributed by atoms with Crippen molar-refractivity contribution in [3.63, 3.8) is 0 Å². The van der Waals surface area contributed by atoms with Crippen LogP contribution in [-0.4, -0.2) is 23.2 Å². The van der Waals surface area contributed by atoms with Crippen molar-refractivity contribution in [3.8, 4) is 0 Å². The minimum absolute atomic E-state index is 0.0246. The average Bonchev–Trinajstić information content (AvgIpc) is 2.61. The second-order valence-electron chi connectivity index (χ2n) is 6.84. The standard InChI is InChI=1S/C14H25NO2/c1-13(2)11(14(13,3)4)12(17)15-9-7-5-6-8-10(9)16/h9-11,16H,5-8H2,1-4H3,(H,15,17)/t9-,10-/m0/s1. The molecule has 0 saturated heterocycles. The van der Waals surface area contributed by atoms with Gasteiger partial charge in [0.25, 0.3) is 0 Å². The molecule has 2 fully saturated rings. The van der Waals surface area contributed by atoms with Gasteiger partial charge in [0, 0.05) is 5.92 Å². The van der Waals surface area contributed by atoms with Crippen LogP contribution in [0.2, 0.25) is 0 Å². The van der Waals surface area contributed by atoms with Crippen LogP contribution in [0.25, 0.3) is 0 Å². The second-order valence-corrected chi connectivity index (χ2v) is 6.84. The Labute approximate surface area is 104 Å². The van der Waals surface area contributed by atoms with Gasteiger partial charge in [0.1, 0.15) is 0 Å². The van der Waals surface area contributed by atoms with Crippen molar-refractivity contribution in [1.82, 2.24) is 5.32 Å². The predicted molar refractivity (Wildman–Crippen MR) is 67.5 cm³/mol. The molecule has 0 aromatic heterocycles. The molecule has 0 heterocycles. The van der Waals surface area contributed by atoms with Crippen molar-refractivity contribution >= 4 is 5.91 Å². The molecule has 0 aromatic carbocycles. The number of aliphatic hydroxyl groups excluding tert-OH is 1. The number of hydrogen-bond acceptors (Lipinski definition) is 2. The van der Waals surface area contributed by atoms with Crippen LogP contribution in [0.5, 0.6) is 0 Å². The summed E-state index contributed by atoms with van der Waals surface area (Å²) in [6.45, 7) is 8.59. The highest BCUT2D eigenvalue weighted by Gasteiger charge is 2.68. The molecule has 0 aromatic rings. The highest BCUT2D eigenvalue weighted by Crippen LogP contribution is 2.68. The van der Waals surface area contributed by atoms with Crippen LogP contribution >= 0.6 is 0 Å². The van der Waals surface area contributed by atoms with Gasteiger partial charge in [-0.05, 0) is 23.7 Å². The zero-order chi connectivity index (χ0) is 12.8. The van der Waals surface area contributed by atoms with Crippen LogP contribution in [-0.2, 0) is 4.79 Å². The molecule has 17 heavy (non-hydrogen) atoms. The summed E-state index contributed by atoms with van der Waals surface area (Å²) in [4.78, 5) is 12.2. The molecule has 2 aliphatic carbocycles. The van der Waals surface area contributed by atoms with Crippen molar-refractivity contribution < 1.29 is 9.90 Å². The van der Waals surface area contributed by atoms with Crippen molar-refractivity contribution in [2.24, 2.45) is 16.7 Å². The average molecular weight is 239 g/mol. The molecule has 2 atom stereocenters. The molecule has 0 radical (unpaired) electrons. The highest BCUT2D eigenvalue weighted by molar-refractivity contribution is 5.84. The first kappa shape index (κ1) is 12.9. The van der Waals surface area contributed by atoms with E-state index < -0.39 is 0 Å². The molecule has 3 heteroatoms. The number of nitrogens with one attached hydrogen (secondary N) is 1. The predicted octanol–water partition coefficient (Wildman–Crippen LogP) is 2.09. The molecule has 98 valence electrons. The van der Waals surface area contributed by atoms with Crippen LogP contribution in [0.1, 0.15) is 53.4 Å². The fourth-order valence-corrected chi connectivity index (χ4v) is 3.40. The minimum atomic E-state index is -0.349. The Hall–Kier alpha value is -0.570. The van der Waals surface area contributed by atoms with Gasteiger partial charge in [-0.25, -0.2) is 0 Å².